The molecule has 0 aromatic heterocycles. The van der Waals surface area contributed by atoms with Gasteiger partial charge in [0.2, 0.25) is 5.91 Å². The van der Waals surface area contributed by atoms with Crippen molar-refractivity contribution < 1.29 is 4.79 Å². The van der Waals surface area contributed by atoms with Crippen molar-refractivity contribution in [3.8, 4) is 0 Å². The SMILES string of the molecule is CC.CC(=O)NCC(C)C. The molecule has 0 rings (SSSR count). The Hall–Kier alpha value is -0.530. The third-order valence-electron chi connectivity index (χ3n) is 0.759. The fourth-order valence-electron chi connectivity index (χ4n) is 0.348. The molecule has 0 heterocycles. The van der Waals surface area contributed by atoms with Gasteiger partial charge in [-0.15, -0.1) is 0 Å². The van der Waals surface area contributed by atoms with E-state index in [0.717, 1.165) is 6.54 Å². The predicted octanol–water partition coefficient (Wildman–Crippen LogP) is 1.80. The number of nitrogens with one attached hydrogen (secondary N) is 1. The third-order valence-corrected chi connectivity index (χ3v) is 0.759. The van der Waals surface area contributed by atoms with E-state index in [-0.39, 0.29) is 5.91 Å². The van der Waals surface area contributed by atoms with Crippen LogP contribution < -0.4 is 5.32 Å². The van der Waals surface area contributed by atoms with Gasteiger partial charge in [0.15, 0.2) is 0 Å². The van der Waals surface area contributed by atoms with Gasteiger partial charge in [-0.25, -0.2) is 0 Å². The summed E-state index contributed by atoms with van der Waals surface area (Å²) in [6.45, 7) is 10.4. The number of rotatable bonds is 2. The minimum atomic E-state index is 0.0544. The maximum atomic E-state index is 10.2. The van der Waals surface area contributed by atoms with Crippen molar-refractivity contribution in [1.29, 1.82) is 0 Å². The Labute approximate surface area is 64.0 Å². The first-order valence-electron chi connectivity index (χ1n) is 3.87. The van der Waals surface area contributed by atoms with E-state index < -0.39 is 0 Å². The molecule has 2 heteroatoms. The van der Waals surface area contributed by atoms with Crippen LogP contribution in [-0.4, -0.2) is 12.5 Å². The van der Waals surface area contributed by atoms with Crippen LogP contribution >= 0.6 is 0 Å². The summed E-state index contributed by atoms with van der Waals surface area (Å²) in [6, 6.07) is 0. The monoisotopic (exact) mass is 145 g/mol. The lowest BCUT2D eigenvalue weighted by atomic mass is 10.2. The van der Waals surface area contributed by atoms with Gasteiger partial charge in [-0.2, -0.15) is 0 Å². The van der Waals surface area contributed by atoms with Crippen molar-refractivity contribution in [2.75, 3.05) is 6.54 Å². The minimum absolute atomic E-state index is 0.0544. The number of carbonyl (C=O) groups excluding carboxylic acids is 1. The zero-order valence-electron chi connectivity index (χ0n) is 7.69. The van der Waals surface area contributed by atoms with Crippen molar-refractivity contribution in [1.82, 2.24) is 5.32 Å². The van der Waals surface area contributed by atoms with Crippen LogP contribution in [0.15, 0.2) is 0 Å². The molecule has 0 saturated carbocycles. The van der Waals surface area contributed by atoms with Gasteiger partial charge >= 0.3 is 0 Å². The molecule has 0 unspecified atom stereocenters. The van der Waals surface area contributed by atoms with Crippen LogP contribution in [0.1, 0.15) is 34.6 Å². The van der Waals surface area contributed by atoms with E-state index in [1.807, 2.05) is 13.8 Å². The van der Waals surface area contributed by atoms with E-state index in [9.17, 15) is 4.79 Å². The molecule has 10 heavy (non-hydrogen) atoms. The summed E-state index contributed by atoms with van der Waals surface area (Å²) in [7, 11) is 0. The Morgan fingerprint density at radius 1 is 1.40 bits per heavy atom. The summed E-state index contributed by atoms with van der Waals surface area (Å²) in [6.07, 6.45) is 0. The van der Waals surface area contributed by atoms with Gasteiger partial charge in [-0.05, 0) is 5.92 Å². The summed E-state index contributed by atoms with van der Waals surface area (Å²) in [5.41, 5.74) is 0. The maximum Gasteiger partial charge on any atom is 0.216 e. The van der Waals surface area contributed by atoms with E-state index in [4.69, 9.17) is 0 Å². The Morgan fingerprint density at radius 2 is 1.80 bits per heavy atom. The standard InChI is InChI=1S/C6H13NO.C2H6/c1-5(2)4-7-6(3)8;1-2/h5H,4H2,1-3H3,(H,7,8);1-2H3. The van der Waals surface area contributed by atoms with Gasteiger partial charge < -0.3 is 5.32 Å². The van der Waals surface area contributed by atoms with Crippen LogP contribution in [0.4, 0.5) is 0 Å². The molecule has 0 atom stereocenters. The fraction of sp³-hybridized carbons (Fsp3) is 0.875. The molecule has 0 aliphatic heterocycles. The molecule has 1 amide bonds. The average molecular weight is 145 g/mol. The lowest BCUT2D eigenvalue weighted by Gasteiger charge is -2.02. The van der Waals surface area contributed by atoms with Crippen LogP contribution in [0.2, 0.25) is 0 Å². The van der Waals surface area contributed by atoms with Crippen LogP contribution in [0.5, 0.6) is 0 Å². The molecule has 62 valence electrons. The molecular weight excluding hydrogens is 126 g/mol. The molecule has 2 nitrogen and oxygen atoms in total. The van der Waals surface area contributed by atoms with Crippen molar-refractivity contribution in [3.05, 3.63) is 0 Å². The van der Waals surface area contributed by atoms with Gasteiger partial charge in [0.1, 0.15) is 0 Å². The minimum Gasteiger partial charge on any atom is -0.356 e. The highest BCUT2D eigenvalue weighted by molar-refractivity contribution is 5.72. The number of carbonyl (C=O) groups is 1. The predicted molar refractivity (Wildman–Crippen MR) is 44.9 cm³/mol. The Kier molecular flexibility index (Phi) is 10.3. The molecule has 0 bridgehead atoms. The second-order valence-electron chi connectivity index (χ2n) is 2.33. The second kappa shape index (κ2) is 8.47. The average Bonchev–Trinajstić information content (AvgIpc) is 1.89. The molecule has 0 aromatic rings. The zero-order valence-corrected chi connectivity index (χ0v) is 7.69. The first kappa shape index (κ1) is 12.2. The number of hydrogen-bond donors (Lipinski definition) is 1. The molecule has 0 aliphatic rings. The quantitative estimate of drug-likeness (QED) is 0.630. The largest absolute Gasteiger partial charge is 0.356 e. The van der Waals surface area contributed by atoms with E-state index >= 15 is 0 Å². The Morgan fingerprint density at radius 3 is 1.90 bits per heavy atom. The van der Waals surface area contributed by atoms with Crippen molar-refractivity contribution in [2.45, 2.75) is 34.6 Å². The zero-order chi connectivity index (χ0) is 8.57. The highest BCUT2D eigenvalue weighted by Crippen LogP contribution is 1.85. The molecule has 0 fully saturated rings. The van der Waals surface area contributed by atoms with Crippen molar-refractivity contribution >= 4 is 5.91 Å². The summed E-state index contributed by atoms with van der Waals surface area (Å²) in [5.74, 6) is 0.609. The molecule has 0 aliphatic carbocycles. The Bertz CT molecular complexity index is 79.3. The summed E-state index contributed by atoms with van der Waals surface area (Å²) in [5, 5.41) is 2.71. The fourth-order valence-corrected chi connectivity index (χ4v) is 0.348. The molecule has 0 saturated heterocycles. The number of amides is 1. The van der Waals surface area contributed by atoms with Crippen LogP contribution in [0.25, 0.3) is 0 Å². The normalized spacial score (nSPS) is 8.20. The van der Waals surface area contributed by atoms with Gasteiger partial charge in [-0.3, -0.25) is 4.79 Å². The van der Waals surface area contributed by atoms with Gasteiger partial charge in [0.25, 0.3) is 0 Å². The Balaban J connectivity index is 0. The first-order valence-corrected chi connectivity index (χ1v) is 3.87. The lowest BCUT2D eigenvalue weighted by Crippen LogP contribution is -2.24. The van der Waals surface area contributed by atoms with E-state index in [2.05, 4.69) is 19.2 Å². The summed E-state index contributed by atoms with van der Waals surface area (Å²) < 4.78 is 0. The van der Waals surface area contributed by atoms with Crippen LogP contribution in [0.3, 0.4) is 0 Å². The highest BCUT2D eigenvalue weighted by atomic mass is 16.1. The smallest absolute Gasteiger partial charge is 0.216 e. The van der Waals surface area contributed by atoms with Gasteiger partial charge in [0, 0.05) is 13.5 Å². The van der Waals surface area contributed by atoms with Gasteiger partial charge in [-0.1, -0.05) is 27.7 Å². The number of hydrogen-bond acceptors (Lipinski definition) is 1. The highest BCUT2D eigenvalue weighted by Gasteiger charge is 1.92. The first-order chi connectivity index (χ1) is 4.63. The topological polar surface area (TPSA) is 29.1 Å². The second-order valence-corrected chi connectivity index (χ2v) is 2.33. The van der Waals surface area contributed by atoms with Crippen LogP contribution in [0, 0.1) is 5.92 Å². The molecule has 0 aromatic carbocycles. The maximum absolute atomic E-state index is 10.2. The molecular formula is C8H19NO. The van der Waals surface area contributed by atoms with Crippen LogP contribution in [-0.2, 0) is 4.79 Å². The lowest BCUT2D eigenvalue weighted by molar-refractivity contribution is -0.119. The van der Waals surface area contributed by atoms with E-state index in [1.54, 1.807) is 0 Å². The van der Waals surface area contributed by atoms with E-state index in [0.29, 0.717) is 5.92 Å². The molecule has 0 spiro atoms. The summed E-state index contributed by atoms with van der Waals surface area (Å²) >= 11 is 0. The van der Waals surface area contributed by atoms with E-state index in [1.165, 1.54) is 6.92 Å². The van der Waals surface area contributed by atoms with Crippen molar-refractivity contribution in [2.24, 2.45) is 5.92 Å². The van der Waals surface area contributed by atoms with Crippen molar-refractivity contribution in [3.63, 3.8) is 0 Å². The summed E-state index contributed by atoms with van der Waals surface area (Å²) in [4.78, 5) is 10.2. The van der Waals surface area contributed by atoms with Gasteiger partial charge in [0.05, 0.1) is 0 Å². The third kappa shape index (κ3) is 15.6. The molecule has 0 radical (unpaired) electrons. The molecule has 1 N–H and O–H groups in total.